The number of carbonyl (C=O) groups excluding carboxylic acids is 2. The van der Waals surface area contributed by atoms with Gasteiger partial charge in [-0.25, -0.2) is 15.0 Å². The van der Waals surface area contributed by atoms with Crippen LogP contribution in [0, 0.1) is 0 Å². The van der Waals surface area contributed by atoms with Gasteiger partial charge in [-0.2, -0.15) is 0 Å². The van der Waals surface area contributed by atoms with Crippen molar-refractivity contribution < 1.29 is 9.59 Å². The van der Waals surface area contributed by atoms with Gasteiger partial charge in [0.15, 0.2) is 11.3 Å². The summed E-state index contributed by atoms with van der Waals surface area (Å²) in [5.41, 5.74) is 12.0. The third-order valence-corrected chi connectivity index (χ3v) is 3.11. The maximum absolute atomic E-state index is 11.5. The molecular weight excluding hydrogens is 284 g/mol. The molecule has 0 aliphatic heterocycles. The lowest BCUT2D eigenvalue weighted by Crippen LogP contribution is -2.21. The second-order valence-corrected chi connectivity index (χ2v) is 4.65. The molecule has 3 aromatic rings. The van der Waals surface area contributed by atoms with Crippen molar-refractivity contribution in [3.63, 3.8) is 0 Å². The van der Waals surface area contributed by atoms with Crippen molar-refractivity contribution in [1.82, 2.24) is 19.5 Å². The highest BCUT2D eigenvalue weighted by Crippen LogP contribution is 2.16. The average Bonchev–Trinajstić information content (AvgIpc) is 2.90. The molecule has 3 rings (SSSR count). The van der Waals surface area contributed by atoms with Gasteiger partial charge in [-0.05, 0) is 5.56 Å². The zero-order valence-electron chi connectivity index (χ0n) is 11.4. The van der Waals surface area contributed by atoms with Crippen molar-refractivity contribution in [2.45, 2.75) is 6.54 Å². The summed E-state index contributed by atoms with van der Waals surface area (Å²) < 4.78 is 1.70. The van der Waals surface area contributed by atoms with Gasteiger partial charge in [0, 0.05) is 0 Å². The highest BCUT2D eigenvalue weighted by molar-refractivity contribution is 6.03. The Hall–Kier alpha value is -3.29. The van der Waals surface area contributed by atoms with Crippen LogP contribution in [-0.2, 0) is 6.54 Å². The summed E-state index contributed by atoms with van der Waals surface area (Å²) in [5.74, 6) is -1.90. The SMILES string of the molecule is NC(=O)c1nc(C(N)=O)c2ncn(Cc3ccccc3)c2n1. The number of nitrogens with zero attached hydrogens (tertiary/aromatic N) is 4. The van der Waals surface area contributed by atoms with E-state index in [4.69, 9.17) is 11.5 Å². The molecule has 0 aliphatic carbocycles. The van der Waals surface area contributed by atoms with Crippen LogP contribution >= 0.6 is 0 Å². The third-order valence-electron chi connectivity index (χ3n) is 3.11. The molecular formula is C14H12N6O2. The molecule has 0 atom stereocenters. The summed E-state index contributed by atoms with van der Waals surface area (Å²) in [6.45, 7) is 0.477. The van der Waals surface area contributed by atoms with Crippen LogP contribution < -0.4 is 11.5 Å². The molecule has 1 aromatic carbocycles. The van der Waals surface area contributed by atoms with Gasteiger partial charge in [0.1, 0.15) is 5.52 Å². The Morgan fingerprint density at radius 3 is 2.41 bits per heavy atom. The van der Waals surface area contributed by atoms with E-state index in [1.165, 1.54) is 6.33 Å². The molecule has 8 heteroatoms. The van der Waals surface area contributed by atoms with Crippen LogP contribution in [0.15, 0.2) is 36.7 Å². The van der Waals surface area contributed by atoms with Crippen molar-refractivity contribution >= 4 is 23.0 Å². The van der Waals surface area contributed by atoms with Gasteiger partial charge < -0.3 is 16.0 Å². The molecule has 2 heterocycles. The van der Waals surface area contributed by atoms with Crippen molar-refractivity contribution in [3.05, 3.63) is 53.7 Å². The first-order chi connectivity index (χ1) is 10.6. The number of rotatable bonds is 4. The number of hydrogen-bond donors (Lipinski definition) is 2. The summed E-state index contributed by atoms with van der Waals surface area (Å²) in [5, 5.41) is 0. The predicted octanol–water partition coefficient (Wildman–Crippen LogP) is 0.0724. The zero-order chi connectivity index (χ0) is 15.7. The minimum atomic E-state index is -0.836. The molecule has 2 amide bonds. The average molecular weight is 296 g/mol. The molecule has 0 spiro atoms. The number of nitrogens with two attached hydrogens (primary N) is 2. The molecule has 8 nitrogen and oxygen atoms in total. The minimum Gasteiger partial charge on any atom is -0.364 e. The van der Waals surface area contributed by atoms with Gasteiger partial charge >= 0.3 is 0 Å². The fourth-order valence-corrected chi connectivity index (χ4v) is 2.12. The van der Waals surface area contributed by atoms with Gasteiger partial charge in [-0.3, -0.25) is 9.59 Å². The second-order valence-electron chi connectivity index (χ2n) is 4.65. The predicted molar refractivity (Wildman–Crippen MR) is 77.9 cm³/mol. The lowest BCUT2D eigenvalue weighted by atomic mass is 10.2. The number of fused-ring (bicyclic) bond motifs is 1. The van der Waals surface area contributed by atoms with E-state index in [2.05, 4.69) is 15.0 Å². The number of amides is 2. The maximum Gasteiger partial charge on any atom is 0.286 e. The van der Waals surface area contributed by atoms with Crippen molar-refractivity contribution in [2.24, 2.45) is 11.5 Å². The molecule has 0 aliphatic rings. The number of hydrogen-bond acceptors (Lipinski definition) is 5. The molecule has 4 N–H and O–H groups in total. The highest BCUT2D eigenvalue weighted by Gasteiger charge is 2.19. The van der Waals surface area contributed by atoms with Crippen LogP contribution in [0.2, 0.25) is 0 Å². The zero-order valence-corrected chi connectivity index (χ0v) is 11.4. The van der Waals surface area contributed by atoms with E-state index >= 15 is 0 Å². The van der Waals surface area contributed by atoms with E-state index in [0.29, 0.717) is 12.2 Å². The van der Waals surface area contributed by atoms with E-state index < -0.39 is 11.8 Å². The largest absolute Gasteiger partial charge is 0.364 e. The lowest BCUT2D eigenvalue weighted by molar-refractivity contribution is 0.0989. The van der Waals surface area contributed by atoms with Crippen LogP contribution in [0.25, 0.3) is 11.2 Å². The number of benzene rings is 1. The number of carbonyl (C=O) groups is 2. The van der Waals surface area contributed by atoms with Crippen molar-refractivity contribution in [1.29, 1.82) is 0 Å². The molecule has 2 aromatic heterocycles. The molecule has 110 valence electrons. The number of imidazole rings is 1. The smallest absolute Gasteiger partial charge is 0.286 e. The Balaban J connectivity index is 2.16. The first-order valence-corrected chi connectivity index (χ1v) is 6.42. The van der Waals surface area contributed by atoms with Gasteiger partial charge in [0.05, 0.1) is 12.9 Å². The minimum absolute atomic E-state index is 0.120. The molecule has 0 unspecified atom stereocenters. The summed E-state index contributed by atoms with van der Waals surface area (Å²) in [6, 6.07) is 9.61. The van der Waals surface area contributed by atoms with Gasteiger partial charge in [-0.1, -0.05) is 30.3 Å². The van der Waals surface area contributed by atoms with E-state index in [1.54, 1.807) is 4.57 Å². The van der Waals surface area contributed by atoms with Gasteiger partial charge in [-0.15, -0.1) is 0 Å². The van der Waals surface area contributed by atoms with Gasteiger partial charge in [0.25, 0.3) is 11.8 Å². The lowest BCUT2D eigenvalue weighted by Gasteiger charge is -2.05. The molecule has 0 fully saturated rings. The Labute approximate surface area is 124 Å². The molecule has 0 bridgehead atoms. The Morgan fingerprint density at radius 2 is 1.77 bits per heavy atom. The fourth-order valence-electron chi connectivity index (χ4n) is 2.12. The Bertz CT molecular complexity index is 872. The monoisotopic (exact) mass is 296 g/mol. The summed E-state index contributed by atoms with van der Waals surface area (Å²) in [7, 11) is 0. The Morgan fingerprint density at radius 1 is 1.05 bits per heavy atom. The van der Waals surface area contributed by atoms with E-state index in [1.807, 2.05) is 30.3 Å². The normalized spacial score (nSPS) is 10.7. The second kappa shape index (κ2) is 5.24. The number of primary amides is 2. The topological polar surface area (TPSA) is 130 Å². The summed E-state index contributed by atoms with van der Waals surface area (Å²) >= 11 is 0. The fraction of sp³-hybridized carbons (Fsp3) is 0.0714. The molecule has 0 saturated carbocycles. The van der Waals surface area contributed by atoms with Crippen LogP contribution in [0.5, 0.6) is 0 Å². The van der Waals surface area contributed by atoms with Crippen LogP contribution in [0.4, 0.5) is 0 Å². The quantitative estimate of drug-likeness (QED) is 0.703. The summed E-state index contributed by atoms with van der Waals surface area (Å²) in [6.07, 6.45) is 1.52. The van der Waals surface area contributed by atoms with Gasteiger partial charge in [0.2, 0.25) is 5.82 Å². The molecule has 0 radical (unpaired) electrons. The number of aromatic nitrogens is 4. The first kappa shape index (κ1) is 13.7. The Kier molecular flexibility index (Phi) is 3.26. The van der Waals surface area contributed by atoms with E-state index in [9.17, 15) is 9.59 Å². The first-order valence-electron chi connectivity index (χ1n) is 6.42. The van der Waals surface area contributed by atoms with E-state index in [0.717, 1.165) is 5.56 Å². The van der Waals surface area contributed by atoms with Crippen LogP contribution in [-0.4, -0.2) is 31.3 Å². The van der Waals surface area contributed by atoms with E-state index in [-0.39, 0.29) is 17.0 Å². The van der Waals surface area contributed by atoms with Crippen LogP contribution in [0.3, 0.4) is 0 Å². The van der Waals surface area contributed by atoms with Crippen LogP contribution in [0.1, 0.15) is 26.7 Å². The molecule has 0 saturated heterocycles. The maximum atomic E-state index is 11.5. The third kappa shape index (κ3) is 2.37. The van der Waals surface area contributed by atoms with Crippen molar-refractivity contribution in [2.75, 3.05) is 0 Å². The van der Waals surface area contributed by atoms with Crippen molar-refractivity contribution in [3.8, 4) is 0 Å². The molecule has 22 heavy (non-hydrogen) atoms. The standard InChI is InChI=1S/C14H12N6O2/c15-11(21)9-10-14(19-13(18-9)12(16)22)20(7-17-10)6-8-4-2-1-3-5-8/h1-5,7H,6H2,(H2,15,21)(H2,16,22). The highest BCUT2D eigenvalue weighted by atomic mass is 16.2. The summed E-state index contributed by atoms with van der Waals surface area (Å²) in [4.78, 5) is 34.8.